The maximum absolute atomic E-state index is 12.0. The number of carbonyl (C=O) groups is 2. The molecule has 3 rings (SSSR count). The van der Waals surface area contributed by atoms with E-state index < -0.39 is 11.9 Å². The maximum Gasteiger partial charge on any atom is 0.338 e. The van der Waals surface area contributed by atoms with Crippen LogP contribution in [0.15, 0.2) is 53.9 Å². The lowest BCUT2D eigenvalue weighted by atomic mass is 10.1. The van der Waals surface area contributed by atoms with Crippen LogP contribution < -0.4 is 10.1 Å². The lowest BCUT2D eigenvalue weighted by Gasteiger charge is -2.06. The van der Waals surface area contributed by atoms with Gasteiger partial charge in [-0.15, -0.1) is 11.3 Å². The Balaban J connectivity index is 1.56. The summed E-state index contributed by atoms with van der Waals surface area (Å²) in [6.07, 6.45) is 0. The molecule has 138 valence electrons. The highest BCUT2D eigenvalue weighted by Gasteiger charge is 2.13. The second-order valence-electron chi connectivity index (χ2n) is 5.71. The number of rotatable bonds is 6. The van der Waals surface area contributed by atoms with E-state index in [9.17, 15) is 9.59 Å². The number of anilines is 1. The minimum atomic E-state index is -0.527. The average Bonchev–Trinajstić information content (AvgIpc) is 3.15. The molecular formula is C20H18N2O4S. The van der Waals surface area contributed by atoms with Crippen LogP contribution in [0.5, 0.6) is 5.75 Å². The Hall–Kier alpha value is -3.19. The largest absolute Gasteiger partial charge is 0.497 e. The predicted octanol–water partition coefficient (Wildman–Crippen LogP) is 3.92. The van der Waals surface area contributed by atoms with Gasteiger partial charge in [-0.3, -0.25) is 10.1 Å². The van der Waals surface area contributed by atoms with Gasteiger partial charge < -0.3 is 9.47 Å². The number of nitrogens with zero attached hydrogens (tertiary/aromatic N) is 1. The van der Waals surface area contributed by atoms with Crippen molar-refractivity contribution in [1.82, 2.24) is 4.98 Å². The van der Waals surface area contributed by atoms with E-state index in [1.54, 1.807) is 19.2 Å². The van der Waals surface area contributed by atoms with Crippen LogP contribution in [-0.4, -0.2) is 30.6 Å². The average molecular weight is 382 g/mol. The van der Waals surface area contributed by atoms with Gasteiger partial charge in [0.25, 0.3) is 5.91 Å². The van der Waals surface area contributed by atoms with Crippen molar-refractivity contribution in [2.24, 2.45) is 0 Å². The molecule has 1 N–H and O–H groups in total. The minimum Gasteiger partial charge on any atom is -0.497 e. The molecule has 0 unspecified atom stereocenters. The van der Waals surface area contributed by atoms with Gasteiger partial charge in [0.15, 0.2) is 11.7 Å². The number of nitrogens with one attached hydrogen (secondary N) is 1. The zero-order chi connectivity index (χ0) is 19.2. The van der Waals surface area contributed by atoms with Crippen molar-refractivity contribution in [2.75, 3.05) is 19.0 Å². The first-order chi connectivity index (χ1) is 13.1. The van der Waals surface area contributed by atoms with Crippen molar-refractivity contribution < 1.29 is 19.1 Å². The standard InChI is InChI=1S/C20H18N2O4S/c1-13-5-3-4-6-16(13)19(24)26-11-18(23)22-20-21-17(12-27-20)14-7-9-15(25-2)10-8-14/h3-10,12H,11H2,1-2H3,(H,21,22,23). The van der Waals surface area contributed by atoms with Crippen molar-refractivity contribution in [3.05, 3.63) is 65.0 Å². The molecule has 27 heavy (non-hydrogen) atoms. The minimum absolute atomic E-state index is 0.370. The van der Waals surface area contributed by atoms with Crippen LogP contribution in [0.4, 0.5) is 5.13 Å². The van der Waals surface area contributed by atoms with E-state index in [1.165, 1.54) is 11.3 Å². The number of ether oxygens (including phenoxy) is 2. The third-order valence-corrected chi connectivity index (χ3v) is 4.59. The van der Waals surface area contributed by atoms with Gasteiger partial charge in [0.1, 0.15) is 5.75 Å². The van der Waals surface area contributed by atoms with Gasteiger partial charge in [0.05, 0.1) is 18.4 Å². The zero-order valence-electron chi connectivity index (χ0n) is 14.9. The molecule has 0 saturated heterocycles. The molecule has 0 atom stereocenters. The van der Waals surface area contributed by atoms with Crippen molar-refractivity contribution in [2.45, 2.75) is 6.92 Å². The Bertz CT molecular complexity index is 951. The highest BCUT2D eigenvalue weighted by molar-refractivity contribution is 7.14. The van der Waals surface area contributed by atoms with Crippen LogP contribution in [-0.2, 0) is 9.53 Å². The number of hydrogen-bond donors (Lipinski definition) is 1. The molecule has 0 fully saturated rings. The molecule has 0 bridgehead atoms. The molecule has 0 saturated carbocycles. The van der Waals surface area contributed by atoms with Crippen LogP contribution in [0.1, 0.15) is 15.9 Å². The topological polar surface area (TPSA) is 77.5 Å². The first-order valence-corrected chi connectivity index (χ1v) is 9.07. The zero-order valence-corrected chi connectivity index (χ0v) is 15.7. The van der Waals surface area contributed by atoms with Gasteiger partial charge in [-0.25, -0.2) is 9.78 Å². The fourth-order valence-electron chi connectivity index (χ4n) is 2.39. The number of benzene rings is 2. The highest BCUT2D eigenvalue weighted by Crippen LogP contribution is 2.26. The number of amides is 1. The number of thiazole rings is 1. The lowest BCUT2D eigenvalue weighted by Crippen LogP contribution is -2.21. The quantitative estimate of drug-likeness (QED) is 0.654. The molecule has 0 spiro atoms. The molecule has 1 amide bonds. The van der Waals surface area contributed by atoms with E-state index >= 15 is 0 Å². The summed E-state index contributed by atoms with van der Waals surface area (Å²) in [6, 6.07) is 14.5. The molecule has 7 heteroatoms. The van der Waals surface area contributed by atoms with Crippen molar-refractivity contribution in [1.29, 1.82) is 0 Å². The number of esters is 1. The van der Waals surface area contributed by atoms with Gasteiger partial charge in [0.2, 0.25) is 0 Å². The maximum atomic E-state index is 12.0. The monoisotopic (exact) mass is 382 g/mol. The van der Waals surface area contributed by atoms with E-state index in [0.717, 1.165) is 22.6 Å². The second kappa shape index (κ2) is 8.46. The van der Waals surface area contributed by atoms with Gasteiger partial charge in [-0.1, -0.05) is 18.2 Å². The highest BCUT2D eigenvalue weighted by atomic mass is 32.1. The summed E-state index contributed by atoms with van der Waals surface area (Å²) in [5.41, 5.74) is 2.90. The van der Waals surface area contributed by atoms with Gasteiger partial charge in [-0.05, 0) is 42.8 Å². The normalized spacial score (nSPS) is 10.3. The Morgan fingerprint density at radius 1 is 1.11 bits per heavy atom. The summed E-state index contributed by atoms with van der Waals surface area (Å²) < 4.78 is 10.2. The van der Waals surface area contributed by atoms with E-state index in [2.05, 4.69) is 10.3 Å². The SMILES string of the molecule is COc1ccc(-c2csc(NC(=O)COC(=O)c3ccccc3C)n2)cc1. The smallest absolute Gasteiger partial charge is 0.338 e. The number of carbonyl (C=O) groups excluding carboxylic acids is 2. The molecule has 2 aromatic carbocycles. The molecule has 3 aromatic rings. The summed E-state index contributed by atoms with van der Waals surface area (Å²) in [7, 11) is 1.61. The van der Waals surface area contributed by atoms with E-state index in [1.807, 2.05) is 48.7 Å². The summed E-state index contributed by atoms with van der Waals surface area (Å²) in [4.78, 5) is 28.4. The van der Waals surface area contributed by atoms with Crippen molar-refractivity contribution in [3.63, 3.8) is 0 Å². The molecule has 0 aliphatic heterocycles. The third kappa shape index (κ3) is 4.71. The third-order valence-electron chi connectivity index (χ3n) is 3.84. The first kappa shape index (κ1) is 18.6. The lowest BCUT2D eigenvalue weighted by molar-refractivity contribution is -0.119. The molecule has 1 heterocycles. The number of aryl methyl sites for hydroxylation is 1. The molecule has 0 aliphatic rings. The van der Waals surface area contributed by atoms with Gasteiger partial charge >= 0.3 is 5.97 Å². The Labute approximate surface area is 160 Å². The summed E-state index contributed by atoms with van der Waals surface area (Å²) in [6.45, 7) is 1.44. The predicted molar refractivity (Wildman–Crippen MR) is 104 cm³/mol. The van der Waals surface area contributed by atoms with E-state index in [4.69, 9.17) is 9.47 Å². The number of hydrogen-bond acceptors (Lipinski definition) is 6. The Morgan fingerprint density at radius 2 is 1.85 bits per heavy atom. The van der Waals surface area contributed by atoms with Crippen LogP contribution in [0.3, 0.4) is 0 Å². The van der Waals surface area contributed by atoms with Crippen LogP contribution >= 0.6 is 11.3 Å². The van der Waals surface area contributed by atoms with Gasteiger partial charge in [0, 0.05) is 10.9 Å². The van der Waals surface area contributed by atoms with Gasteiger partial charge in [-0.2, -0.15) is 0 Å². The number of methoxy groups -OCH3 is 1. The Kier molecular flexibility index (Phi) is 5.83. The number of aromatic nitrogens is 1. The molecular weight excluding hydrogens is 364 g/mol. The van der Waals surface area contributed by atoms with Crippen LogP contribution in [0.25, 0.3) is 11.3 Å². The van der Waals surface area contributed by atoms with Crippen LogP contribution in [0, 0.1) is 6.92 Å². The fraction of sp³-hybridized carbons (Fsp3) is 0.150. The second-order valence-corrected chi connectivity index (χ2v) is 6.56. The molecule has 1 aromatic heterocycles. The van der Waals surface area contributed by atoms with E-state index in [-0.39, 0.29) is 6.61 Å². The summed E-state index contributed by atoms with van der Waals surface area (Å²) >= 11 is 1.30. The summed E-state index contributed by atoms with van der Waals surface area (Å²) in [5, 5.41) is 4.93. The van der Waals surface area contributed by atoms with E-state index in [0.29, 0.717) is 10.7 Å². The van der Waals surface area contributed by atoms with Crippen molar-refractivity contribution in [3.8, 4) is 17.0 Å². The molecule has 6 nitrogen and oxygen atoms in total. The fourth-order valence-corrected chi connectivity index (χ4v) is 3.13. The first-order valence-electron chi connectivity index (χ1n) is 8.19. The molecule has 0 aliphatic carbocycles. The Morgan fingerprint density at radius 3 is 2.56 bits per heavy atom. The molecule has 0 radical (unpaired) electrons. The van der Waals surface area contributed by atoms with Crippen LogP contribution in [0.2, 0.25) is 0 Å². The van der Waals surface area contributed by atoms with Crippen molar-refractivity contribution >= 4 is 28.3 Å². The summed E-state index contributed by atoms with van der Waals surface area (Å²) in [5.74, 6) is -0.202.